The number of amides is 8. The Balaban J connectivity index is 0.0000230. The molecule has 0 aromatic heterocycles. The van der Waals surface area contributed by atoms with E-state index >= 15 is 0 Å². The van der Waals surface area contributed by atoms with Crippen LogP contribution >= 0.6 is 7.82 Å². The van der Waals surface area contributed by atoms with Crippen molar-refractivity contribution in [2.24, 2.45) is 0 Å². The Morgan fingerprint density at radius 1 is 0.350 bits per heavy atom. The van der Waals surface area contributed by atoms with Crippen LogP contribution in [0.1, 0.15) is 291 Å². The monoisotopic (exact) mass is 1700 g/mol. The number of rotatable bonds is 68. The van der Waals surface area contributed by atoms with Crippen LogP contribution in [0.3, 0.4) is 0 Å². The minimum Gasteiger partial charge on any atom is -0.394 e. The summed E-state index contributed by atoms with van der Waals surface area (Å²) in [6.45, 7) is 8.24. The largest absolute Gasteiger partial charge is 0.471 e. The van der Waals surface area contributed by atoms with E-state index in [1.165, 1.54) is 20.8 Å². The summed E-state index contributed by atoms with van der Waals surface area (Å²) in [5, 5.41) is 114. The summed E-state index contributed by atoms with van der Waals surface area (Å²) < 4.78 is 55.4. The number of hydrogen-bond acceptors (Lipinski definition) is 26. The van der Waals surface area contributed by atoms with Crippen LogP contribution in [0.5, 0.6) is 0 Å². The van der Waals surface area contributed by atoms with Gasteiger partial charge in [-0.05, 0) is 89.9 Å². The van der Waals surface area contributed by atoms with Crippen molar-refractivity contribution in [3.63, 3.8) is 0 Å². The highest BCUT2D eigenvalue weighted by molar-refractivity contribution is 7.47. The lowest BCUT2D eigenvalue weighted by atomic mass is 9.97. The van der Waals surface area contributed by atoms with E-state index < -0.39 is 161 Å². The molecule has 0 aromatic rings. The van der Waals surface area contributed by atoms with Gasteiger partial charge in [-0.15, -0.1) is 0 Å². The molecular weight excluding hydrogens is 1550 g/mol. The minimum absolute atomic E-state index is 0.0203. The van der Waals surface area contributed by atoms with Crippen molar-refractivity contribution in [3.8, 4) is 0 Å². The molecule has 3 fully saturated rings. The van der Waals surface area contributed by atoms with Gasteiger partial charge in [-0.3, -0.25) is 47.4 Å². The number of ether oxygens (including phenoxy) is 6. The van der Waals surface area contributed by atoms with Crippen molar-refractivity contribution in [1.82, 2.24) is 42.5 Å². The van der Waals surface area contributed by atoms with Crippen LogP contribution in [-0.4, -0.2) is 275 Å². The smallest absolute Gasteiger partial charge is 0.394 e. The average Bonchev–Trinajstić information content (AvgIpc) is 0.820. The quantitative estimate of drug-likeness (QED) is 0.0293. The molecule has 36 heteroatoms. The van der Waals surface area contributed by atoms with Crippen molar-refractivity contribution in [1.29, 1.82) is 0 Å². The SMILES string of the molecule is CC.COP(=O)(O)OCCCCCCNC(=O)[C@H](CCCCNC(=O)CCCCCCCCCCCOC1OC(CO)C(O)C(O)C1NC(C)=O)NC(=O)[C@H](CCCCNC(=O)CCCCCCCCCCCOC1OC(CO)C(O)C(O)C1NC(C)=O)NC(=O)CCCCCCCCCCCOC1OC(CO)C(O)C(O)C1NC(C)=O. The van der Waals surface area contributed by atoms with Crippen LogP contribution in [0.25, 0.3) is 0 Å². The fraction of sp³-hybridized carbons (Fsp3) is 0.901. The lowest BCUT2D eigenvalue weighted by Gasteiger charge is -2.42. The number of phosphoric ester groups is 1. The van der Waals surface area contributed by atoms with Crippen LogP contribution < -0.4 is 42.5 Å². The molecule has 3 heterocycles. The number of carbonyl (C=O) groups is 8. The molecule has 0 bridgehead atoms. The van der Waals surface area contributed by atoms with E-state index in [-0.39, 0.29) is 50.2 Å². The van der Waals surface area contributed by atoms with Gasteiger partial charge in [-0.1, -0.05) is 162 Å². The summed E-state index contributed by atoms with van der Waals surface area (Å²) in [4.78, 5) is 113. The van der Waals surface area contributed by atoms with Crippen molar-refractivity contribution >= 4 is 55.1 Å². The second-order valence-electron chi connectivity index (χ2n) is 30.8. The maximum atomic E-state index is 14.4. The summed E-state index contributed by atoms with van der Waals surface area (Å²) in [5.74, 6) is -2.64. The molecule has 0 aromatic carbocycles. The van der Waals surface area contributed by atoms with Crippen molar-refractivity contribution < 1.29 is 131 Å². The third-order valence-electron chi connectivity index (χ3n) is 20.9. The van der Waals surface area contributed by atoms with Crippen LogP contribution in [0.15, 0.2) is 0 Å². The van der Waals surface area contributed by atoms with Crippen LogP contribution in [0.2, 0.25) is 0 Å². The predicted octanol–water partition coefficient (Wildman–Crippen LogP) is 4.58. The molecule has 18 atom stereocenters. The Kier molecular flexibility index (Phi) is 61.9. The number of unbranched alkanes of at least 4 members (excludes halogenated alkanes) is 29. The lowest BCUT2D eigenvalue weighted by Crippen LogP contribution is -2.64. The normalized spacial score (nSPS) is 24.2. The molecule has 0 saturated carbocycles. The van der Waals surface area contributed by atoms with Crippen molar-refractivity contribution in [2.75, 3.05) is 73.0 Å². The number of aliphatic hydroxyl groups is 9. The van der Waals surface area contributed by atoms with Gasteiger partial charge in [-0.25, -0.2) is 4.57 Å². The highest BCUT2D eigenvalue weighted by Crippen LogP contribution is 2.42. The first-order valence-electron chi connectivity index (χ1n) is 43.7. The maximum absolute atomic E-state index is 14.4. The van der Waals surface area contributed by atoms with Gasteiger partial charge in [0.2, 0.25) is 47.3 Å². The molecule has 3 rings (SSSR count). The van der Waals surface area contributed by atoms with E-state index in [0.717, 1.165) is 168 Å². The first-order valence-corrected chi connectivity index (χ1v) is 45.2. The molecule has 3 aliphatic rings. The fourth-order valence-electron chi connectivity index (χ4n) is 14.1. The summed E-state index contributed by atoms with van der Waals surface area (Å²) >= 11 is 0. The van der Waals surface area contributed by atoms with E-state index in [2.05, 4.69) is 47.1 Å². The summed E-state index contributed by atoms with van der Waals surface area (Å²) in [6.07, 6.45) is 15.6. The van der Waals surface area contributed by atoms with Gasteiger partial charge in [0.15, 0.2) is 18.9 Å². The number of hydrogen-bond donors (Lipinski definition) is 18. The topological polar surface area (TPSA) is 526 Å². The van der Waals surface area contributed by atoms with Crippen LogP contribution in [0, 0.1) is 0 Å². The number of nitrogens with one attached hydrogen (secondary N) is 8. The highest BCUT2D eigenvalue weighted by Gasteiger charge is 2.48. The zero-order valence-electron chi connectivity index (χ0n) is 71.0. The van der Waals surface area contributed by atoms with Gasteiger partial charge in [-0.2, -0.15) is 0 Å². The molecule has 16 unspecified atom stereocenters. The van der Waals surface area contributed by atoms with Crippen LogP contribution in [0.4, 0.5) is 0 Å². The zero-order chi connectivity index (χ0) is 86.6. The molecule has 117 heavy (non-hydrogen) atoms. The zero-order valence-corrected chi connectivity index (χ0v) is 71.9. The first kappa shape index (κ1) is 108. The van der Waals surface area contributed by atoms with Crippen molar-refractivity contribution in [2.45, 2.75) is 395 Å². The van der Waals surface area contributed by atoms with E-state index in [0.29, 0.717) is 110 Å². The third-order valence-corrected chi connectivity index (χ3v) is 21.8. The number of carbonyl (C=O) groups excluding carboxylic acids is 8. The Bertz CT molecular complexity index is 2710. The molecule has 18 N–H and O–H groups in total. The average molecular weight is 1700 g/mol. The Labute approximate surface area is 694 Å². The molecule has 8 amide bonds. The minimum atomic E-state index is -4.09. The standard InChI is InChI=1S/C79H147N8O27P.C2H6/c1-55(91)83-66-72(100)69(97)60(52-88)112-77(66)108-48-36-24-17-11-5-8-14-20-28-42-63(94)80-45-34-31-40-58(75(103)82-47-33-23-27-39-51-111-115(105,106)107-4)87-76(104)59(86-65(96)44-30-22-16-10-7-13-19-26-38-50-110-79-68(85-57(3)93)74(102)71(99)62(54-90)114-79)41-32-35-46-81-64(95)43-29-21-15-9-6-12-18-25-37-49-109-78-67(84-56(2)92)73(101)70(98)61(53-89)113-78;1-2/h58-62,66-74,77-79,88-90,97-102H,5-54H2,1-4H3,(H,80,94)(H,81,95)(H,82,103)(H,83,91)(H,84,92)(H,85,93)(H,86,96)(H,87,104)(H,105,106);1-2H3/t58-,59-,60?,61?,62?,66?,67?,68?,69?,70?,71?,72?,73?,74?,77?,78?,79?;/m0./s1. The molecule has 0 aliphatic carbocycles. The van der Waals surface area contributed by atoms with Crippen molar-refractivity contribution in [3.05, 3.63) is 0 Å². The van der Waals surface area contributed by atoms with Gasteiger partial charge in [0, 0.05) is 86.6 Å². The maximum Gasteiger partial charge on any atom is 0.471 e. The second kappa shape index (κ2) is 66.8. The van der Waals surface area contributed by atoms with Gasteiger partial charge in [0.25, 0.3) is 0 Å². The lowest BCUT2D eigenvalue weighted by molar-refractivity contribution is -0.270. The van der Waals surface area contributed by atoms with Gasteiger partial charge in [0.05, 0.1) is 26.4 Å². The van der Waals surface area contributed by atoms with Gasteiger partial charge >= 0.3 is 7.82 Å². The van der Waals surface area contributed by atoms with E-state index in [9.17, 15) is 93.8 Å². The Morgan fingerprint density at radius 3 is 0.940 bits per heavy atom. The molecule has 0 spiro atoms. The van der Waals surface area contributed by atoms with E-state index in [1.54, 1.807) is 0 Å². The molecular formula is C81H153N8O27P. The highest BCUT2D eigenvalue weighted by atomic mass is 31.2. The third kappa shape index (κ3) is 48.6. The Morgan fingerprint density at radius 2 is 0.624 bits per heavy atom. The molecule has 0 radical (unpaired) electrons. The second-order valence-corrected chi connectivity index (χ2v) is 32.3. The number of aliphatic hydroxyl groups excluding tert-OH is 9. The van der Waals surface area contributed by atoms with E-state index in [1.807, 2.05) is 13.8 Å². The fourth-order valence-corrected chi connectivity index (χ4v) is 14.6. The molecule has 35 nitrogen and oxygen atoms in total. The van der Waals surface area contributed by atoms with Gasteiger partial charge < -0.3 is 122 Å². The summed E-state index contributed by atoms with van der Waals surface area (Å²) in [6, 6.07) is -4.91. The predicted molar refractivity (Wildman–Crippen MR) is 436 cm³/mol. The first-order chi connectivity index (χ1) is 56.3. The van der Waals surface area contributed by atoms with Gasteiger partial charge in [0.1, 0.15) is 85.1 Å². The number of phosphoric acid groups is 1. The Hall–Kier alpha value is -4.73. The summed E-state index contributed by atoms with van der Waals surface area (Å²) in [7, 11) is -3.01. The molecule has 3 saturated heterocycles. The molecule has 684 valence electrons. The molecule has 3 aliphatic heterocycles. The van der Waals surface area contributed by atoms with E-state index in [4.69, 9.17) is 32.9 Å². The summed E-state index contributed by atoms with van der Waals surface area (Å²) in [5.41, 5.74) is 0. The van der Waals surface area contributed by atoms with Crippen LogP contribution in [-0.2, 0) is 80.4 Å².